The van der Waals surface area contributed by atoms with E-state index in [0.29, 0.717) is 12.5 Å². The van der Waals surface area contributed by atoms with E-state index in [-0.39, 0.29) is 18.1 Å². The molecule has 1 saturated heterocycles. The summed E-state index contributed by atoms with van der Waals surface area (Å²) >= 11 is 0. The Hall–Kier alpha value is -0.770. The van der Waals surface area contributed by atoms with Crippen LogP contribution in [0.4, 0.5) is 4.79 Å². The van der Waals surface area contributed by atoms with Gasteiger partial charge in [0.05, 0.1) is 6.10 Å². The molecule has 2 rings (SSSR count). The zero-order chi connectivity index (χ0) is 11.9. The first-order chi connectivity index (χ1) is 7.35. The number of aliphatic hydroxyl groups excluding tert-OH is 1. The number of amides is 1. The van der Waals surface area contributed by atoms with Gasteiger partial charge in [-0.05, 0) is 39.5 Å². The van der Waals surface area contributed by atoms with Crippen LogP contribution in [-0.2, 0) is 4.74 Å². The van der Waals surface area contributed by atoms with Crippen LogP contribution < -0.4 is 0 Å². The number of likely N-dealkylation sites (tertiary alicyclic amines) is 1. The first kappa shape index (κ1) is 11.7. The van der Waals surface area contributed by atoms with Crippen molar-refractivity contribution < 1.29 is 14.6 Å². The summed E-state index contributed by atoms with van der Waals surface area (Å²) in [4.78, 5) is 13.6. The summed E-state index contributed by atoms with van der Waals surface area (Å²) in [6.07, 6.45) is 1.43. The van der Waals surface area contributed by atoms with Crippen molar-refractivity contribution in [2.45, 2.75) is 45.3 Å². The van der Waals surface area contributed by atoms with E-state index in [1.807, 2.05) is 20.8 Å². The van der Waals surface area contributed by atoms with Crippen LogP contribution in [0.3, 0.4) is 0 Å². The molecule has 16 heavy (non-hydrogen) atoms. The Labute approximate surface area is 96.6 Å². The van der Waals surface area contributed by atoms with E-state index in [1.165, 1.54) is 0 Å². The van der Waals surface area contributed by atoms with E-state index in [9.17, 15) is 9.90 Å². The van der Waals surface area contributed by atoms with Gasteiger partial charge in [0.15, 0.2) is 0 Å². The molecule has 3 atom stereocenters. The first-order valence-electron chi connectivity index (χ1n) is 6.01. The topological polar surface area (TPSA) is 49.8 Å². The summed E-state index contributed by atoms with van der Waals surface area (Å²) in [5.41, 5.74) is -0.438. The van der Waals surface area contributed by atoms with Crippen LogP contribution in [0.1, 0.15) is 33.6 Å². The van der Waals surface area contributed by atoms with Crippen molar-refractivity contribution in [3.8, 4) is 0 Å². The predicted molar refractivity (Wildman–Crippen MR) is 60.0 cm³/mol. The molecule has 4 heteroatoms. The first-order valence-corrected chi connectivity index (χ1v) is 6.01. The number of fused-ring (bicyclic) bond motifs is 2. The number of carbonyl (C=O) groups excluding carboxylic acids is 1. The van der Waals surface area contributed by atoms with Gasteiger partial charge in [-0.3, -0.25) is 0 Å². The standard InChI is InChI=1S/C12H21NO3/c1-12(2,3)16-11(15)13-6-8-4-9(7-13)10(14)5-8/h8-10,14H,4-7H2,1-3H3/t8-,9-,10+/m1/s1. The monoisotopic (exact) mass is 227 g/mol. The third kappa shape index (κ3) is 2.48. The highest BCUT2D eigenvalue weighted by Crippen LogP contribution is 2.37. The molecule has 0 aromatic rings. The van der Waals surface area contributed by atoms with Crippen LogP contribution in [0.25, 0.3) is 0 Å². The Kier molecular flexibility index (Phi) is 2.86. The van der Waals surface area contributed by atoms with Gasteiger partial charge in [-0.15, -0.1) is 0 Å². The van der Waals surface area contributed by atoms with Crippen molar-refractivity contribution in [1.82, 2.24) is 4.90 Å². The fraction of sp³-hybridized carbons (Fsp3) is 0.917. The zero-order valence-electron chi connectivity index (χ0n) is 10.3. The molecule has 2 bridgehead atoms. The van der Waals surface area contributed by atoms with Crippen molar-refractivity contribution >= 4 is 6.09 Å². The second-order valence-corrected chi connectivity index (χ2v) is 6.05. The molecular formula is C12H21NO3. The van der Waals surface area contributed by atoms with Crippen LogP contribution in [0.5, 0.6) is 0 Å². The highest BCUT2D eigenvalue weighted by atomic mass is 16.6. The molecule has 0 aromatic heterocycles. The average Bonchev–Trinajstić information content (AvgIpc) is 2.37. The number of ether oxygens (including phenoxy) is 1. The molecule has 1 aliphatic heterocycles. The van der Waals surface area contributed by atoms with Gasteiger partial charge in [0.2, 0.25) is 0 Å². The Morgan fingerprint density at radius 1 is 1.31 bits per heavy atom. The van der Waals surface area contributed by atoms with Gasteiger partial charge in [-0.1, -0.05) is 0 Å². The molecule has 1 heterocycles. The summed E-state index contributed by atoms with van der Waals surface area (Å²) in [7, 11) is 0. The van der Waals surface area contributed by atoms with Gasteiger partial charge >= 0.3 is 6.09 Å². The molecule has 1 N–H and O–H groups in total. The molecule has 0 radical (unpaired) electrons. The second kappa shape index (κ2) is 3.91. The summed E-state index contributed by atoms with van der Waals surface area (Å²) in [5, 5.41) is 9.75. The van der Waals surface area contributed by atoms with E-state index in [2.05, 4.69) is 0 Å². The van der Waals surface area contributed by atoms with Crippen LogP contribution in [0.2, 0.25) is 0 Å². The molecule has 2 fully saturated rings. The Balaban J connectivity index is 1.94. The summed E-state index contributed by atoms with van der Waals surface area (Å²) in [6.45, 7) is 7.00. The van der Waals surface area contributed by atoms with Gasteiger partial charge in [-0.25, -0.2) is 4.79 Å². The Bertz CT molecular complexity index is 282. The highest BCUT2D eigenvalue weighted by Gasteiger charge is 2.41. The van der Waals surface area contributed by atoms with E-state index in [0.717, 1.165) is 19.4 Å². The maximum Gasteiger partial charge on any atom is 0.410 e. The molecule has 2 aliphatic rings. The molecule has 0 spiro atoms. The summed E-state index contributed by atoms with van der Waals surface area (Å²) in [5.74, 6) is 0.715. The minimum atomic E-state index is -0.438. The maximum atomic E-state index is 11.9. The smallest absolute Gasteiger partial charge is 0.410 e. The van der Waals surface area contributed by atoms with Crippen LogP contribution in [0, 0.1) is 11.8 Å². The molecule has 1 aliphatic carbocycles. The third-order valence-electron chi connectivity index (χ3n) is 3.34. The van der Waals surface area contributed by atoms with Gasteiger partial charge in [0, 0.05) is 19.0 Å². The molecule has 1 amide bonds. The fourth-order valence-electron chi connectivity index (χ4n) is 2.71. The van der Waals surface area contributed by atoms with Crippen molar-refractivity contribution in [1.29, 1.82) is 0 Å². The molecular weight excluding hydrogens is 206 g/mol. The summed E-state index contributed by atoms with van der Waals surface area (Å²) < 4.78 is 5.34. The number of rotatable bonds is 0. The quantitative estimate of drug-likeness (QED) is 0.684. The second-order valence-electron chi connectivity index (χ2n) is 6.05. The minimum Gasteiger partial charge on any atom is -0.444 e. The molecule has 4 nitrogen and oxygen atoms in total. The van der Waals surface area contributed by atoms with E-state index >= 15 is 0 Å². The predicted octanol–water partition coefficient (Wildman–Crippen LogP) is 1.62. The largest absolute Gasteiger partial charge is 0.444 e. The lowest BCUT2D eigenvalue weighted by molar-refractivity contribution is 0.0122. The van der Waals surface area contributed by atoms with Crippen molar-refractivity contribution in [2.24, 2.45) is 11.8 Å². The SMILES string of the molecule is CC(C)(C)OC(=O)N1C[C@@H]2C[C@H](C1)[C@@H](O)C2. The van der Waals surface area contributed by atoms with Gasteiger partial charge in [-0.2, -0.15) is 0 Å². The van der Waals surface area contributed by atoms with Crippen molar-refractivity contribution in [3.05, 3.63) is 0 Å². The third-order valence-corrected chi connectivity index (χ3v) is 3.34. The molecule has 0 aromatic carbocycles. The molecule has 0 unspecified atom stereocenters. The highest BCUT2D eigenvalue weighted by molar-refractivity contribution is 5.68. The van der Waals surface area contributed by atoms with E-state index < -0.39 is 5.60 Å². The number of piperidine rings is 1. The van der Waals surface area contributed by atoms with Crippen LogP contribution >= 0.6 is 0 Å². The lowest BCUT2D eigenvalue weighted by Gasteiger charge is -2.33. The van der Waals surface area contributed by atoms with E-state index in [4.69, 9.17) is 4.74 Å². The minimum absolute atomic E-state index is 0.225. The van der Waals surface area contributed by atoms with Crippen molar-refractivity contribution in [2.75, 3.05) is 13.1 Å². The van der Waals surface area contributed by atoms with Gasteiger partial charge < -0.3 is 14.7 Å². The number of hydrogen-bond acceptors (Lipinski definition) is 3. The van der Waals surface area contributed by atoms with Crippen LogP contribution in [-0.4, -0.2) is 40.9 Å². The normalized spacial score (nSPS) is 34.0. The number of aliphatic hydroxyl groups is 1. The fourth-order valence-corrected chi connectivity index (χ4v) is 2.71. The molecule has 1 saturated carbocycles. The average molecular weight is 227 g/mol. The van der Waals surface area contributed by atoms with Gasteiger partial charge in [0.25, 0.3) is 0 Å². The Morgan fingerprint density at radius 3 is 2.56 bits per heavy atom. The Morgan fingerprint density at radius 2 is 2.00 bits per heavy atom. The number of nitrogens with zero attached hydrogens (tertiary/aromatic N) is 1. The van der Waals surface area contributed by atoms with E-state index in [1.54, 1.807) is 4.90 Å². The zero-order valence-corrected chi connectivity index (χ0v) is 10.3. The van der Waals surface area contributed by atoms with Crippen molar-refractivity contribution in [3.63, 3.8) is 0 Å². The lowest BCUT2D eigenvalue weighted by Crippen LogP contribution is -2.44. The summed E-state index contributed by atoms with van der Waals surface area (Å²) in [6, 6.07) is 0. The lowest BCUT2D eigenvalue weighted by atomic mass is 9.99. The van der Waals surface area contributed by atoms with Crippen LogP contribution in [0.15, 0.2) is 0 Å². The number of hydrogen-bond donors (Lipinski definition) is 1. The van der Waals surface area contributed by atoms with Gasteiger partial charge in [0.1, 0.15) is 5.60 Å². The molecule has 92 valence electrons. The number of carbonyl (C=O) groups is 1. The maximum absolute atomic E-state index is 11.9.